The van der Waals surface area contributed by atoms with E-state index in [0.717, 1.165) is 10.1 Å². The number of carbonyl (C=O) groups excluding carboxylic acids is 1. The Hall–Kier alpha value is -5.04. The second-order valence-corrected chi connectivity index (χ2v) is 11.2. The Labute approximate surface area is 261 Å². The van der Waals surface area contributed by atoms with Gasteiger partial charge in [0.15, 0.2) is 11.5 Å². The molecule has 5 aromatic rings. The van der Waals surface area contributed by atoms with Crippen LogP contribution in [-0.2, 0) is 6.61 Å². The summed E-state index contributed by atoms with van der Waals surface area (Å²) >= 11 is 7.72. The molecule has 0 spiro atoms. The molecule has 6 rings (SSSR count). The first kappa shape index (κ1) is 29.1. The molecule has 7 nitrogen and oxygen atoms in total. The highest BCUT2D eigenvalue weighted by molar-refractivity contribution is 7.21. The van der Waals surface area contributed by atoms with Gasteiger partial charge in [-0.05, 0) is 42.8 Å². The summed E-state index contributed by atoms with van der Waals surface area (Å²) in [7, 11) is 0. The SMILES string of the molecule is CCOc1cc(C2C(C#N)=C(N)Oc3cc(OC(=O)c4sc5ccccc5c4Cl)ccc32)ccc1OCc1ccccc1F. The van der Waals surface area contributed by atoms with Crippen molar-refractivity contribution in [2.45, 2.75) is 19.4 Å². The maximum atomic E-state index is 14.2. The number of halogens is 2. The van der Waals surface area contributed by atoms with Gasteiger partial charge >= 0.3 is 5.97 Å². The van der Waals surface area contributed by atoms with E-state index in [1.54, 1.807) is 54.6 Å². The quantitative estimate of drug-likeness (QED) is 0.137. The average molecular weight is 627 g/mol. The topological polar surface area (TPSA) is 104 Å². The van der Waals surface area contributed by atoms with Crippen LogP contribution in [0.5, 0.6) is 23.0 Å². The third-order valence-electron chi connectivity index (χ3n) is 7.06. The van der Waals surface area contributed by atoms with Crippen molar-refractivity contribution in [1.82, 2.24) is 0 Å². The zero-order valence-electron chi connectivity index (χ0n) is 23.3. The highest BCUT2D eigenvalue weighted by Gasteiger charge is 2.32. The molecule has 0 amide bonds. The number of benzene rings is 4. The van der Waals surface area contributed by atoms with E-state index in [4.69, 9.17) is 36.3 Å². The van der Waals surface area contributed by atoms with E-state index in [-0.39, 0.29) is 34.5 Å². The van der Waals surface area contributed by atoms with Gasteiger partial charge in [-0.1, -0.05) is 60.1 Å². The van der Waals surface area contributed by atoms with Crippen LogP contribution in [0.3, 0.4) is 0 Å². The van der Waals surface area contributed by atoms with Crippen molar-refractivity contribution in [2.24, 2.45) is 5.73 Å². The van der Waals surface area contributed by atoms with Crippen LogP contribution in [0.4, 0.5) is 4.39 Å². The predicted molar refractivity (Wildman–Crippen MR) is 166 cm³/mol. The molecule has 44 heavy (non-hydrogen) atoms. The van der Waals surface area contributed by atoms with Crippen LogP contribution in [0, 0.1) is 17.1 Å². The number of nitriles is 1. The number of rotatable bonds is 8. The lowest BCUT2D eigenvalue weighted by atomic mass is 9.83. The standard InChI is InChI=1S/C34H24ClFN2O5S/c1-2-40-28-15-19(11-14-26(28)41-18-20-7-3-5-9-25(20)36)30-22-13-12-21(16-27(22)43-33(38)24(30)17-37)42-34(39)32-31(35)23-8-4-6-10-29(23)44-32/h3-16,30H,2,18,38H2,1H3. The Morgan fingerprint density at radius 3 is 2.61 bits per heavy atom. The molecule has 2 N–H and O–H groups in total. The molecule has 4 aromatic carbocycles. The first-order valence-corrected chi connectivity index (χ1v) is 14.8. The van der Waals surface area contributed by atoms with Gasteiger partial charge in [-0.25, -0.2) is 9.18 Å². The molecule has 1 unspecified atom stereocenters. The minimum Gasteiger partial charge on any atom is -0.490 e. The minimum absolute atomic E-state index is 0.0106. The molecule has 0 saturated heterocycles. The van der Waals surface area contributed by atoms with Crippen molar-refractivity contribution in [3.63, 3.8) is 0 Å². The van der Waals surface area contributed by atoms with Crippen LogP contribution < -0.4 is 24.7 Å². The van der Waals surface area contributed by atoms with Crippen LogP contribution in [0.15, 0.2) is 96.4 Å². The maximum absolute atomic E-state index is 14.2. The molecular weight excluding hydrogens is 603 g/mol. The number of hydrogen-bond donors (Lipinski definition) is 1. The lowest BCUT2D eigenvalue weighted by molar-refractivity contribution is 0.0739. The number of allylic oxidation sites excluding steroid dienone is 1. The summed E-state index contributed by atoms with van der Waals surface area (Å²) in [5.41, 5.74) is 8.16. The summed E-state index contributed by atoms with van der Waals surface area (Å²) in [5, 5.41) is 11.1. The molecule has 0 radical (unpaired) electrons. The van der Waals surface area contributed by atoms with Crippen LogP contribution in [0.1, 0.15) is 39.2 Å². The van der Waals surface area contributed by atoms with E-state index in [1.165, 1.54) is 17.4 Å². The zero-order valence-corrected chi connectivity index (χ0v) is 24.9. The monoisotopic (exact) mass is 626 g/mol. The second kappa shape index (κ2) is 12.3. The second-order valence-electron chi connectivity index (χ2n) is 9.77. The molecule has 0 saturated carbocycles. The van der Waals surface area contributed by atoms with Crippen molar-refractivity contribution < 1.29 is 28.1 Å². The van der Waals surface area contributed by atoms with Crippen LogP contribution in [0.25, 0.3) is 10.1 Å². The van der Waals surface area contributed by atoms with Gasteiger partial charge in [0.2, 0.25) is 5.88 Å². The van der Waals surface area contributed by atoms with E-state index in [2.05, 4.69) is 6.07 Å². The number of fused-ring (bicyclic) bond motifs is 2. The van der Waals surface area contributed by atoms with Crippen molar-refractivity contribution in [3.05, 3.63) is 129 Å². The number of nitrogens with two attached hydrogens (primary N) is 1. The molecule has 1 aromatic heterocycles. The summed E-state index contributed by atoms with van der Waals surface area (Å²) in [6, 6.07) is 26.2. The molecule has 1 aliphatic heterocycles. The number of thiophene rings is 1. The number of hydrogen-bond acceptors (Lipinski definition) is 8. The first-order chi connectivity index (χ1) is 21.4. The Bertz CT molecular complexity index is 1980. The lowest BCUT2D eigenvalue weighted by Crippen LogP contribution is -2.21. The van der Waals surface area contributed by atoms with Crippen molar-refractivity contribution in [3.8, 4) is 29.1 Å². The van der Waals surface area contributed by atoms with Gasteiger partial charge in [0, 0.05) is 27.3 Å². The first-order valence-electron chi connectivity index (χ1n) is 13.6. The Kier molecular flexibility index (Phi) is 8.11. The molecule has 2 heterocycles. The molecule has 0 fully saturated rings. The number of carbonyl (C=O) groups is 1. The van der Waals surface area contributed by atoms with E-state index in [0.29, 0.717) is 45.6 Å². The average Bonchev–Trinajstić information content (AvgIpc) is 3.37. The molecule has 220 valence electrons. The van der Waals surface area contributed by atoms with E-state index in [1.807, 2.05) is 31.2 Å². The minimum atomic E-state index is -0.606. The van der Waals surface area contributed by atoms with Gasteiger partial charge in [0.05, 0.1) is 17.5 Å². The summed E-state index contributed by atoms with van der Waals surface area (Å²) in [5.74, 6) is -0.239. The fourth-order valence-electron chi connectivity index (χ4n) is 5.00. The van der Waals surface area contributed by atoms with Gasteiger partial charge < -0.3 is 24.7 Å². The van der Waals surface area contributed by atoms with Crippen molar-refractivity contribution in [1.29, 1.82) is 5.26 Å². The molecule has 1 atom stereocenters. The fourth-order valence-corrected chi connectivity index (χ4v) is 6.39. The predicted octanol–water partition coefficient (Wildman–Crippen LogP) is 8.11. The maximum Gasteiger partial charge on any atom is 0.355 e. The van der Waals surface area contributed by atoms with Crippen LogP contribution in [0.2, 0.25) is 5.02 Å². The lowest BCUT2D eigenvalue weighted by Gasteiger charge is -2.27. The van der Waals surface area contributed by atoms with Gasteiger partial charge in [0.1, 0.15) is 40.4 Å². The van der Waals surface area contributed by atoms with E-state index >= 15 is 0 Å². The summed E-state index contributed by atoms with van der Waals surface area (Å²) in [4.78, 5) is 13.3. The third-order valence-corrected chi connectivity index (χ3v) is 8.72. The fraction of sp³-hybridized carbons (Fsp3) is 0.118. The van der Waals surface area contributed by atoms with Crippen LogP contribution >= 0.6 is 22.9 Å². The normalized spacial score (nSPS) is 14.0. The molecule has 0 aliphatic carbocycles. The smallest absolute Gasteiger partial charge is 0.355 e. The Balaban J connectivity index is 1.30. The molecule has 1 aliphatic rings. The molecular formula is C34H24ClFN2O5S. The number of nitrogens with zero attached hydrogens (tertiary/aromatic N) is 1. The number of esters is 1. The van der Waals surface area contributed by atoms with Gasteiger partial charge in [-0.15, -0.1) is 11.3 Å². The summed E-state index contributed by atoms with van der Waals surface area (Å²) in [6.45, 7) is 2.20. The van der Waals surface area contributed by atoms with Crippen LogP contribution in [-0.4, -0.2) is 12.6 Å². The molecule has 0 bridgehead atoms. The van der Waals surface area contributed by atoms with Crippen molar-refractivity contribution >= 4 is 39.0 Å². The Morgan fingerprint density at radius 1 is 1.05 bits per heavy atom. The van der Waals surface area contributed by atoms with Gasteiger partial charge in [0.25, 0.3) is 0 Å². The van der Waals surface area contributed by atoms with Crippen molar-refractivity contribution in [2.75, 3.05) is 6.61 Å². The molecule has 10 heteroatoms. The summed E-state index contributed by atoms with van der Waals surface area (Å²) < 4.78 is 38.3. The van der Waals surface area contributed by atoms with E-state index in [9.17, 15) is 14.4 Å². The number of ether oxygens (including phenoxy) is 4. The Morgan fingerprint density at radius 2 is 1.84 bits per heavy atom. The largest absolute Gasteiger partial charge is 0.490 e. The van der Waals surface area contributed by atoms with Gasteiger partial charge in [-0.3, -0.25) is 0 Å². The van der Waals surface area contributed by atoms with E-state index < -0.39 is 11.9 Å². The highest BCUT2D eigenvalue weighted by Crippen LogP contribution is 2.45. The third kappa shape index (κ3) is 5.53. The summed E-state index contributed by atoms with van der Waals surface area (Å²) in [6.07, 6.45) is 0. The zero-order chi connectivity index (χ0) is 30.8. The highest BCUT2D eigenvalue weighted by atomic mass is 35.5. The van der Waals surface area contributed by atoms with Gasteiger partial charge in [-0.2, -0.15) is 5.26 Å².